The first-order valence-corrected chi connectivity index (χ1v) is 12.4. The SMILES string of the molecule is CC(C)(C)OC(=O)N1CC2[C@@H]3[C@H](n4nc(-c5cnn(Cc6ccc(F)cc6)c5)c(C(N)=O)c4N)C[C@]23C1. The predicted molar refractivity (Wildman–Crippen MR) is 133 cm³/mol. The maximum atomic E-state index is 13.2. The standard InChI is InChI=1S/C26H30FN7O3/c1-25(2,3)37-24(36)32-12-17-20-18(8-26(17,20)13-32)34-22(28)19(23(29)35)21(31-34)15-9-30-33(11-15)10-14-4-6-16(27)7-5-14/h4-7,9,11,17-18,20H,8,10,12-13,28H2,1-3H3,(H2,29,35)/t17?,18-,20-,26+/m1/s1. The zero-order valence-corrected chi connectivity index (χ0v) is 21.0. The number of likely N-dealkylation sites (tertiary alicyclic amines) is 1. The second-order valence-electron chi connectivity index (χ2n) is 11.5. The van der Waals surface area contributed by atoms with Crippen LogP contribution in [0, 0.1) is 23.1 Å². The summed E-state index contributed by atoms with van der Waals surface area (Å²) in [6.07, 6.45) is 3.95. The first-order valence-electron chi connectivity index (χ1n) is 12.4. The van der Waals surface area contributed by atoms with Crippen molar-refractivity contribution in [2.45, 2.75) is 45.4 Å². The summed E-state index contributed by atoms with van der Waals surface area (Å²) < 4.78 is 22.2. The lowest BCUT2D eigenvalue weighted by atomic mass is 9.80. The fraction of sp³-hybridized carbons (Fsp3) is 0.462. The van der Waals surface area contributed by atoms with E-state index in [0.717, 1.165) is 12.0 Å². The van der Waals surface area contributed by atoms with E-state index in [9.17, 15) is 14.0 Å². The van der Waals surface area contributed by atoms with Gasteiger partial charge in [-0.25, -0.2) is 13.9 Å². The van der Waals surface area contributed by atoms with Crippen LogP contribution in [0.2, 0.25) is 0 Å². The Bertz CT molecular complexity index is 1410. The highest BCUT2D eigenvalue weighted by molar-refractivity contribution is 6.03. The average Bonchev–Trinajstić information content (AvgIpc) is 3.29. The van der Waals surface area contributed by atoms with Crippen molar-refractivity contribution in [3.63, 3.8) is 0 Å². The monoisotopic (exact) mass is 507 g/mol. The molecule has 1 unspecified atom stereocenters. The number of nitrogens with two attached hydrogens (primary N) is 2. The Morgan fingerprint density at radius 2 is 1.97 bits per heavy atom. The number of hydrogen-bond acceptors (Lipinski definition) is 6. The molecule has 2 amide bonds. The molecule has 1 saturated heterocycles. The third-order valence-electron chi connectivity index (χ3n) is 7.96. The van der Waals surface area contributed by atoms with Crippen LogP contribution in [0.15, 0.2) is 36.7 Å². The van der Waals surface area contributed by atoms with E-state index in [1.54, 1.807) is 38.8 Å². The Balaban J connectivity index is 1.20. The number of hydrogen-bond donors (Lipinski definition) is 2. The van der Waals surface area contributed by atoms with E-state index in [-0.39, 0.29) is 34.7 Å². The van der Waals surface area contributed by atoms with Gasteiger partial charge in [-0.3, -0.25) is 9.48 Å². The van der Waals surface area contributed by atoms with Crippen molar-refractivity contribution in [1.29, 1.82) is 0 Å². The Kier molecular flexibility index (Phi) is 4.96. The summed E-state index contributed by atoms with van der Waals surface area (Å²) in [5, 5.41) is 9.12. The molecule has 2 saturated carbocycles. The molecule has 0 bridgehead atoms. The summed E-state index contributed by atoms with van der Waals surface area (Å²) in [5.74, 6) is 0.0247. The van der Waals surface area contributed by atoms with Gasteiger partial charge in [0.1, 0.15) is 28.5 Å². The Labute approximate surface area is 213 Å². The molecule has 37 heavy (non-hydrogen) atoms. The maximum absolute atomic E-state index is 13.2. The van der Waals surface area contributed by atoms with Gasteiger partial charge in [0.2, 0.25) is 0 Å². The topological polar surface area (TPSA) is 134 Å². The first kappa shape index (κ1) is 23.5. The lowest BCUT2D eigenvalue weighted by molar-refractivity contribution is 0.0190. The van der Waals surface area contributed by atoms with Crippen molar-refractivity contribution in [3.8, 4) is 11.3 Å². The molecule has 0 radical (unpaired) electrons. The second kappa shape index (κ2) is 7.80. The van der Waals surface area contributed by atoms with E-state index >= 15 is 0 Å². The highest BCUT2D eigenvalue weighted by Gasteiger charge is 2.79. The number of nitrogens with zero attached hydrogens (tertiary/aromatic N) is 5. The number of rotatable bonds is 5. The number of anilines is 1. The number of carbonyl (C=O) groups excluding carboxylic acids is 2. The van der Waals surface area contributed by atoms with Crippen molar-refractivity contribution in [2.24, 2.45) is 23.0 Å². The van der Waals surface area contributed by atoms with Crippen LogP contribution in [0.25, 0.3) is 11.3 Å². The average molecular weight is 508 g/mol. The minimum atomic E-state index is -0.647. The molecule has 6 rings (SSSR count). The number of nitrogen functional groups attached to an aromatic ring is 1. The van der Waals surface area contributed by atoms with Crippen LogP contribution in [0.3, 0.4) is 0 Å². The number of benzene rings is 1. The van der Waals surface area contributed by atoms with Crippen LogP contribution in [0.5, 0.6) is 0 Å². The summed E-state index contributed by atoms with van der Waals surface area (Å²) in [6.45, 7) is 7.35. The summed E-state index contributed by atoms with van der Waals surface area (Å²) in [6, 6.07) is 6.24. The lowest BCUT2D eigenvalue weighted by Gasteiger charge is -2.37. The fourth-order valence-electron chi connectivity index (χ4n) is 6.35. The van der Waals surface area contributed by atoms with Gasteiger partial charge in [-0.2, -0.15) is 10.2 Å². The minimum Gasteiger partial charge on any atom is -0.444 e. The van der Waals surface area contributed by atoms with Gasteiger partial charge < -0.3 is 21.1 Å². The van der Waals surface area contributed by atoms with E-state index in [0.29, 0.717) is 42.7 Å². The van der Waals surface area contributed by atoms with Gasteiger partial charge >= 0.3 is 6.09 Å². The largest absolute Gasteiger partial charge is 0.444 e. The van der Waals surface area contributed by atoms with Gasteiger partial charge in [0, 0.05) is 30.3 Å². The summed E-state index contributed by atoms with van der Waals surface area (Å²) in [7, 11) is 0. The van der Waals surface area contributed by atoms with Gasteiger partial charge in [-0.15, -0.1) is 0 Å². The van der Waals surface area contributed by atoms with Crippen molar-refractivity contribution in [1.82, 2.24) is 24.5 Å². The second-order valence-corrected chi connectivity index (χ2v) is 11.5. The van der Waals surface area contributed by atoms with Gasteiger partial charge in [0.05, 0.1) is 18.8 Å². The molecule has 3 aromatic rings. The summed E-state index contributed by atoms with van der Waals surface area (Å²) in [5.41, 5.74) is 13.8. The zero-order chi connectivity index (χ0) is 26.3. The molecule has 1 aliphatic heterocycles. The summed E-state index contributed by atoms with van der Waals surface area (Å²) >= 11 is 0. The molecule has 3 aliphatic rings. The number of primary amides is 1. The fourth-order valence-corrected chi connectivity index (χ4v) is 6.35. The molecular weight excluding hydrogens is 477 g/mol. The molecule has 2 aromatic heterocycles. The van der Waals surface area contributed by atoms with E-state index in [1.807, 2.05) is 20.8 Å². The van der Waals surface area contributed by atoms with E-state index in [4.69, 9.17) is 21.3 Å². The van der Waals surface area contributed by atoms with Crippen molar-refractivity contribution in [2.75, 3.05) is 18.8 Å². The predicted octanol–water partition coefficient (Wildman–Crippen LogP) is 3.04. The van der Waals surface area contributed by atoms with Crippen LogP contribution in [-0.2, 0) is 11.3 Å². The molecule has 3 heterocycles. The number of amides is 2. The number of aromatic nitrogens is 4. The first-order chi connectivity index (χ1) is 17.5. The van der Waals surface area contributed by atoms with Crippen molar-refractivity contribution < 1.29 is 18.7 Å². The van der Waals surface area contributed by atoms with Crippen molar-refractivity contribution >= 4 is 17.8 Å². The molecule has 2 aliphatic carbocycles. The van der Waals surface area contributed by atoms with Gasteiger partial charge in [-0.1, -0.05) is 12.1 Å². The molecule has 10 nitrogen and oxygen atoms in total. The van der Waals surface area contributed by atoms with Crippen LogP contribution in [0.1, 0.15) is 49.2 Å². The Morgan fingerprint density at radius 3 is 2.62 bits per heavy atom. The normalized spacial score (nSPS) is 25.8. The molecule has 3 fully saturated rings. The number of halogens is 1. The van der Waals surface area contributed by atoms with E-state index in [1.165, 1.54) is 12.1 Å². The lowest BCUT2D eigenvalue weighted by Crippen LogP contribution is -2.42. The smallest absolute Gasteiger partial charge is 0.410 e. The highest BCUT2D eigenvalue weighted by atomic mass is 19.1. The van der Waals surface area contributed by atoms with Crippen LogP contribution >= 0.6 is 0 Å². The highest BCUT2D eigenvalue weighted by Crippen LogP contribution is 2.79. The van der Waals surface area contributed by atoms with Crippen LogP contribution in [-0.4, -0.2) is 55.2 Å². The van der Waals surface area contributed by atoms with Crippen molar-refractivity contribution in [3.05, 3.63) is 53.6 Å². The zero-order valence-electron chi connectivity index (χ0n) is 21.0. The quantitative estimate of drug-likeness (QED) is 0.545. The van der Waals surface area contributed by atoms with Gasteiger partial charge in [0.15, 0.2) is 0 Å². The minimum absolute atomic E-state index is 0.0481. The molecule has 11 heteroatoms. The summed E-state index contributed by atoms with van der Waals surface area (Å²) in [4.78, 5) is 26.7. The van der Waals surface area contributed by atoms with E-state index in [2.05, 4.69) is 5.10 Å². The number of fused-ring (bicyclic) bond motifs is 1. The molecular formula is C26H30FN7O3. The molecule has 1 aromatic carbocycles. The van der Waals surface area contributed by atoms with Gasteiger partial charge in [0.25, 0.3) is 5.91 Å². The number of ether oxygens (including phenoxy) is 1. The third-order valence-corrected chi connectivity index (χ3v) is 7.96. The molecule has 1 spiro atoms. The maximum Gasteiger partial charge on any atom is 0.410 e. The molecule has 194 valence electrons. The molecule has 4 N–H and O–H groups in total. The van der Waals surface area contributed by atoms with Crippen LogP contribution < -0.4 is 11.5 Å². The Morgan fingerprint density at radius 1 is 1.24 bits per heavy atom. The molecule has 4 atom stereocenters. The number of piperidine rings is 1. The van der Waals surface area contributed by atoms with Crippen LogP contribution in [0.4, 0.5) is 15.0 Å². The number of carbonyl (C=O) groups is 2. The third kappa shape index (κ3) is 3.75. The van der Waals surface area contributed by atoms with E-state index < -0.39 is 11.5 Å². The Hall–Kier alpha value is -3.89. The van der Waals surface area contributed by atoms with Gasteiger partial charge in [-0.05, 0) is 56.7 Å².